The van der Waals surface area contributed by atoms with Crippen molar-refractivity contribution in [3.05, 3.63) is 12.3 Å². The molecule has 1 aliphatic rings. The maximum atomic E-state index is 4.27. The number of rotatable bonds is 2. The van der Waals surface area contributed by atoms with E-state index in [2.05, 4.69) is 53.4 Å². The van der Waals surface area contributed by atoms with Crippen molar-refractivity contribution < 1.29 is 0 Å². The Morgan fingerprint density at radius 2 is 1.65 bits per heavy atom. The van der Waals surface area contributed by atoms with E-state index in [1.54, 1.807) is 0 Å². The molecule has 1 fully saturated rings. The van der Waals surface area contributed by atoms with Gasteiger partial charge in [-0.25, -0.2) is 0 Å². The molecule has 1 N–H and O–H groups in total. The molecule has 0 aromatic rings. The Balaban J connectivity index is 2.58. The molecule has 0 spiro atoms. The monoisotopic (exact) mass is 237 g/mol. The van der Waals surface area contributed by atoms with Gasteiger partial charge in [-0.05, 0) is 57.3 Å². The van der Waals surface area contributed by atoms with Gasteiger partial charge >= 0.3 is 0 Å². The molecule has 2 atom stereocenters. The van der Waals surface area contributed by atoms with Crippen molar-refractivity contribution in [3.8, 4) is 0 Å². The van der Waals surface area contributed by atoms with Gasteiger partial charge in [-0.15, -0.1) is 0 Å². The van der Waals surface area contributed by atoms with Crippen LogP contribution < -0.4 is 5.32 Å². The Labute approximate surface area is 108 Å². The van der Waals surface area contributed by atoms with Crippen LogP contribution in [0.1, 0.15) is 67.2 Å². The van der Waals surface area contributed by atoms with E-state index in [0.717, 1.165) is 5.92 Å². The molecule has 1 aliphatic carbocycles. The Morgan fingerprint density at radius 1 is 1.06 bits per heavy atom. The van der Waals surface area contributed by atoms with Crippen molar-refractivity contribution in [2.75, 3.05) is 0 Å². The fraction of sp³-hybridized carbons (Fsp3) is 0.875. The first-order valence-corrected chi connectivity index (χ1v) is 7.06. The lowest BCUT2D eigenvalue weighted by Crippen LogP contribution is -2.39. The van der Waals surface area contributed by atoms with Gasteiger partial charge in [0.1, 0.15) is 0 Å². The third kappa shape index (κ3) is 4.73. The molecule has 2 unspecified atom stereocenters. The van der Waals surface area contributed by atoms with E-state index in [1.807, 2.05) is 0 Å². The summed E-state index contributed by atoms with van der Waals surface area (Å²) in [5.41, 5.74) is 1.85. The molecule has 1 rings (SSSR count). The van der Waals surface area contributed by atoms with E-state index in [1.165, 1.54) is 31.4 Å². The van der Waals surface area contributed by atoms with Crippen molar-refractivity contribution in [1.29, 1.82) is 0 Å². The fourth-order valence-electron chi connectivity index (χ4n) is 2.88. The summed E-state index contributed by atoms with van der Waals surface area (Å²) >= 11 is 0. The average Bonchev–Trinajstić information content (AvgIpc) is 2.14. The molecule has 100 valence electrons. The largest absolute Gasteiger partial charge is 0.384 e. The normalized spacial score (nSPS) is 26.7. The van der Waals surface area contributed by atoms with Crippen molar-refractivity contribution >= 4 is 0 Å². The Morgan fingerprint density at radius 3 is 2.12 bits per heavy atom. The first kappa shape index (κ1) is 14.6. The van der Waals surface area contributed by atoms with Crippen LogP contribution in [0.2, 0.25) is 0 Å². The van der Waals surface area contributed by atoms with Crippen molar-refractivity contribution in [3.63, 3.8) is 0 Å². The zero-order chi connectivity index (χ0) is 13.3. The number of hydrogen-bond acceptors (Lipinski definition) is 1. The van der Waals surface area contributed by atoms with Crippen LogP contribution in [-0.4, -0.2) is 5.54 Å². The Bertz CT molecular complexity index is 264. The molecular weight excluding hydrogens is 206 g/mol. The van der Waals surface area contributed by atoms with Crippen LogP contribution in [0.5, 0.6) is 0 Å². The molecule has 0 radical (unpaired) electrons. The van der Waals surface area contributed by atoms with E-state index in [9.17, 15) is 0 Å². The van der Waals surface area contributed by atoms with E-state index in [4.69, 9.17) is 0 Å². The van der Waals surface area contributed by atoms with Crippen LogP contribution in [0.15, 0.2) is 12.3 Å². The molecule has 1 saturated carbocycles. The molecule has 0 aromatic carbocycles. The molecule has 0 bridgehead atoms. The predicted octanol–water partition coefficient (Wildman–Crippen LogP) is 4.74. The van der Waals surface area contributed by atoms with Crippen LogP contribution >= 0.6 is 0 Å². The summed E-state index contributed by atoms with van der Waals surface area (Å²) in [5.74, 6) is 1.52. The van der Waals surface area contributed by atoms with Gasteiger partial charge in [0.15, 0.2) is 0 Å². The van der Waals surface area contributed by atoms with Gasteiger partial charge in [0.05, 0.1) is 0 Å². The predicted molar refractivity (Wildman–Crippen MR) is 76.9 cm³/mol. The zero-order valence-corrected chi connectivity index (χ0v) is 12.7. The van der Waals surface area contributed by atoms with E-state index in [0.29, 0.717) is 11.3 Å². The van der Waals surface area contributed by atoms with Gasteiger partial charge in [-0.1, -0.05) is 33.8 Å². The minimum absolute atomic E-state index is 0.145. The first-order chi connectivity index (χ1) is 7.59. The molecule has 17 heavy (non-hydrogen) atoms. The lowest BCUT2D eigenvalue weighted by atomic mass is 9.68. The highest BCUT2D eigenvalue weighted by atomic mass is 15.0. The minimum Gasteiger partial charge on any atom is -0.384 e. The lowest BCUT2D eigenvalue weighted by Gasteiger charge is -2.39. The molecule has 0 heterocycles. The van der Waals surface area contributed by atoms with E-state index < -0.39 is 0 Å². The van der Waals surface area contributed by atoms with Gasteiger partial charge < -0.3 is 5.32 Å². The third-order valence-corrected chi connectivity index (χ3v) is 3.93. The van der Waals surface area contributed by atoms with Crippen molar-refractivity contribution in [1.82, 2.24) is 5.32 Å². The van der Waals surface area contributed by atoms with Gasteiger partial charge in [-0.3, -0.25) is 0 Å². The van der Waals surface area contributed by atoms with Gasteiger partial charge in [0.2, 0.25) is 0 Å². The smallest absolute Gasteiger partial charge is 0.0286 e. The average molecular weight is 237 g/mol. The lowest BCUT2D eigenvalue weighted by molar-refractivity contribution is 0.149. The van der Waals surface area contributed by atoms with Crippen LogP contribution in [0, 0.1) is 17.3 Å². The summed E-state index contributed by atoms with van der Waals surface area (Å²) in [6.07, 6.45) is 5.38. The molecule has 0 aromatic heterocycles. The molecule has 1 nitrogen and oxygen atoms in total. The molecule has 0 aliphatic heterocycles. The number of allylic oxidation sites excluding steroid dienone is 1. The number of nitrogens with one attached hydrogen (secondary N) is 1. The second-order valence-electron chi connectivity index (χ2n) is 7.83. The molecular formula is C16H31N. The van der Waals surface area contributed by atoms with Crippen LogP contribution in [-0.2, 0) is 0 Å². The highest BCUT2D eigenvalue weighted by molar-refractivity contribution is 5.04. The minimum atomic E-state index is 0.145. The van der Waals surface area contributed by atoms with Crippen molar-refractivity contribution in [2.45, 2.75) is 72.8 Å². The summed E-state index contributed by atoms with van der Waals surface area (Å²) in [6, 6.07) is 0. The summed E-state index contributed by atoms with van der Waals surface area (Å²) < 4.78 is 0. The van der Waals surface area contributed by atoms with Crippen LogP contribution in [0.4, 0.5) is 0 Å². The summed E-state index contributed by atoms with van der Waals surface area (Å²) in [5, 5.41) is 3.57. The van der Waals surface area contributed by atoms with Gasteiger partial charge in [0, 0.05) is 11.2 Å². The Hall–Kier alpha value is -0.460. The summed E-state index contributed by atoms with van der Waals surface area (Å²) in [6.45, 7) is 18.0. The van der Waals surface area contributed by atoms with Crippen LogP contribution in [0.25, 0.3) is 0 Å². The number of hydrogen-bond donors (Lipinski definition) is 1. The topological polar surface area (TPSA) is 12.0 Å². The van der Waals surface area contributed by atoms with Crippen LogP contribution in [0.3, 0.4) is 0 Å². The highest BCUT2D eigenvalue weighted by Gasteiger charge is 2.32. The standard InChI is InChI=1S/C16H31N/c1-12(17-16(5,6)7)13-9-8-10-14(11-13)15(2,3)4/h13-14,17H,1,8-11H2,2-7H3. The van der Waals surface area contributed by atoms with Gasteiger partial charge in [0.25, 0.3) is 0 Å². The maximum Gasteiger partial charge on any atom is 0.0286 e. The highest BCUT2D eigenvalue weighted by Crippen LogP contribution is 2.41. The van der Waals surface area contributed by atoms with Crippen molar-refractivity contribution in [2.24, 2.45) is 17.3 Å². The summed E-state index contributed by atoms with van der Waals surface area (Å²) in [4.78, 5) is 0. The van der Waals surface area contributed by atoms with Gasteiger partial charge in [-0.2, -0.15) is 0 Å². The SMILES string of the molecule is C=C(NC(C)(C)C)C1CCCC(C(C)(C)C)C1. The zero-order valence-electron chi connectivity index (χ0n) is 12.7. The second kappa shape index (κ2) is 5.04. The molecule has 0 amide bonds. The molecule has 1 heteroatoms. The van der Waals surface area contributed by atoms with E-state index >= 15 is 0 Å². The second-order valence-corrected chi connectivity index (χ2v) is 7.83. The fourth-order valence-corrected chi connectivity index (χ4v) is 2.88. The quantitative estimate of drug-likeness (QED) is 0.731. The summed E-state index contributed by atoms with van der Waals surface area (Å²) in [7, 11) is 0. The Kier molecular flexibility index (Phi) is 4.33. The third-order valence-electron chi connectivity index (χ3n) is 3.93. The maximum absolute atomic E-state index is 4.27. The first-order valence-electron chi connectivity index (χ1n) is 7.06. The molecule has 0 saturated heterocycles. The van der Waals surface area contributed by atoms with E-state index in [-0.39, 0.29) is 5.54 Å².